The molecule has 0 aliphatic carbocycles. The molecule has 1 aliphatic rings. The average Bonchev–Trinajstić information content (AvgIpc) is 2.86. The highest BCUT2D eigenvalue weighted by Crippen LogP contribution is 2.34. The van der Waals surface area contributed by atoms with Gasteiger partial charge >= 0.3 is 0 Å². The van der Waals surface area contributed by atoms with Crippen LogP contribution in [0.2, 0.25) is 0 Å². The zero-order chi connectivity index (χ0) is 14.1. The Morgan fingerprint density at radius 1 is 1.45 bits per heavy atom. The smallest absolute Gasteiger partial charge is 0.120 e. The van der Waals surface area contributed by atoms with Crippen LogP contribution in [0.4, 0.5) is 8.78 Å². The Morgan fingerprint density at radius 2 is 2.30 bits per heavy atom. The van der Waals surface area contributed by atoms with Crippen LogP contribution in [0.3, 0.4) is 0 Å². The van der Waals surface area contributed by atoms with E-state index in [1.54, 1.807) is 6.20 Å². The number of benzene rings is 1. The number of likely N-dealkylation sites (tertiary alicyclic amines) is 1. The lowest BCUT2D eigenvalue weighted by molar-refractivity contribution is 0.112. The zero-order valence-corrected chi connectivity index (χ0v) is 11.6. The monoisotopic (exact) mass is 279 g/mol. The number of hydrogen-bond acceptors (Lipinski definition) is 2. The molecule has 108 valence electrons. The molecule has 3 rings (SSSR count). The Balaban J connectivity index is 1.85. The minimum absolute atomic E-state index is 0.0986. The van der Waals surface area contributed by atoms with Crippen molar-refractivity contribution in [3.05, 3.63) is 29.5 Å². The molecule has 0 bridgehead atoms. The molecule has 1 aromatic carbocycles. The summed E-state index contributed by atoms with van der Waals surface area (Å²) in [6, 6.07) is 4.06. The third-order valence-corrected chi connectivity index (χ3v) is 4.25. The Kier molecular flexibility index (Phi) is 3.70. The Morgan fingerprint density at radius 3 is 3.05 bits per heavy atom. The number of alkyl halides is 2. The first-order valence-corrected chi connectivity index (χ1v) is 7.05. The van der Waals surface area contributed by atoms with Crippen LogP contribution in [0.1, 0.15) is 23.5 Å². The molecular weight excluding hydrogens is 260 g/mol. The van der Waals surface area contributed by atoms with Crippen LogP contribution in [-0.4, -0.2) is 47.6 Å². The molecule has 5 heteroatoms. The molecule has 0 radical (unpaired) electrons. The molecule has 0 spiro atoms. The van der Waals surface area contributed by atoms with Crippen molar-refractivity contribution >= 4 is 10.9 Å². The van der Waals surface area contributed by atoms with Crippen LogP contribution < -0.4 is 0 Å². The molecule has 20 heavy (non-hydrogen) atoms. The summed E-state index contributed by atoms with van der Waals surface area (Å²) < 4.78 is 26.8. The lowest BCUT2D eigenvalue weighted by atomic mass is 9.85. The SMILES string of the molecule is Cc1cc2cn[nH]c2cc1C1CCN(CCF)CC1F. The maximum Gasteiger partial charge on any atom is 0.120 e. The standard InChI is InChI=1S/C15H19F2N3/c1-10-6-11-8-18-19-15(11)7-13(10)12-2-4-20(5-3-16)9-14(12)17/h6-8,12,14H,2-5,9H2,1H3,(H,18,19). The van der Waals surface area contributed by atoms with E-state index in [0.717, 1.165) is 35.0 Å². The molecular formula is C15H19F2N3. The molecule has 1 aromatic heterocycles. The number of aromatic amines is 1. The Hall–Kier alpha value is -1.49. The van der Waals surface area contributed by atoms with Gasteiger partial charge in [-0.25, -0.2) is 8.78 Å². The quantitative estimate of drug-likeness (QED) is 0.936. The van der Waals surface area contributed by atoms with E-state index in [1.807, 2.05) is 17.9 Å². The number of halogens is 2. The molecule has 1 N–H and O–H groups in total. The number of nitrogens with zero attached hydrogens (tertiary/aromatic N) is 2. The van der Waals surface area contributed by atoms with Gasteiger partial charge in [0.25, 0.3) is 0 Å². The van der Waals surface area contributed by atoms with E-state index >= 15 is 0 Å². The van der Waals surface area contributed by atoms with E-state index in [-0.39, 0.29) is 5.92 Å². The summed E-state index contributed by atoms with van der Waals surface area (Å²) in [5.74, 6) is -0.0986. The van der Waals surface area contributed by atoms with Crippen molar-refractivity contribution in [1.82, 2.24) is 15.1 Å². The molecule has 1 fully saturated rings. The normalized spacial score (nSPS) is 24.4. The number of aromatic nitrogens is 2. The molecule has 3 nitrogen and oxygen atoms in total. The first kappa shape index (κ1) is 13.5. The third kappa shape index (κ3) is 2.42. The van der Waals surface area contributed by atoms with Gasteiger partial charge < -0.3 is 0 Å². The van der Waals surface area contributed by atoms with Gasteiger partial charge in [-0.1, -0.05) is 0 Å². The summed E-state index contributed by atoms with van der Waals surface area (Å²) in [5, 5.41) is 8.01. The van der Waals surface area contributed by atoms with Crippen molar-refractivity contribution in [2.24, 2.45) is 0 Å². The number of nitrogens with one attached hydrogen (secondary N) is 1. The van der Waals surface area contributed by atoms with Crippen LogP contribution in [-0.2, 0) is 0 Å². The number of piperidine rings is 1. The Labute approximate surface area is 117 Å². The van der Waals surface area contributed by atoms with Gasteiger partial charge in [0.15, 0.2) is 0 Å². The maximum atomic E-state index is 14.4. The van der Waals surface area contributed by atoms with E-state index < -0.39 is 12.8 Å². The van der Waals surface area contributed by atoms with Crippen LogP contribution in [0.15, 0.2) is 18.3 Å². The first-order chi connectivity index (χ1) is 9.69. The highest BCUT2D eigenvalue weighted by Gasteiger charge is 2.31. The summed E-state index contributed by atoms with van der Waals surface area (Å²) in [5.41, 5.74) is 3.10. The van der Waals surface area contributed by atoms with Crippen LogP contribution in [0.5, 0.6) is 0 Å². The van der Waals surface area contributed by atoms with Gasteiger partial charge in [0.1, 0.15) is 12.8 Å². The fourth-order valence-electron chi connectivity index (χ4n) is 3.16. The fourth-order valence-corrected chi connectivity index (χ4v) is 3.16. The second kappa shape index (κ2) is 5.48. The second-order valence-corrected chi connectivity index (χ2v) is 5.57. The van der Waals surface area contributed by atoms with E-state index in [4.69, 9.17) is 0 Å². The summed E-state index contributed by atoms with van der Waals surface area (Å²) in [6.45, 7) is 3.04. The topological polar surface area (TPSA) is 31.9 Å². The second-order valence-electron chi connectivity index (χ2n) is 5.57. The molecule has 2 atom stereocenters. The summed E-state index contributed by atoms with van der Waals surface area (Å²) in [7, 11) is 0. The van der Waals surface area contributed by atoms with Crippen LogP contribution >= 0.6 is 0 Å². The van der Waals surface area contributed by atoms with Gasteiger partial charge in [-0.05, 0) is 43.1 Å². The van der Waals surface area contributed by atoms with E-state index in [0.29, 0.717) is 13.1 Å². The molecule has 2 heterocycles. The van der Waals surface area contributed by atoms with Gasteiger partial charge in [-0.15, -0.1) is 0 Å². The number of fused-ring (bicyclic) bond motifs is 1. The van der Waals surface area contributed by atoms with Crippen LogP contribution in [0.25, 0.3) is 10.9 Å². The molecule has 0 saturated carbocycles. The van der Waals surface area contributed by atoms with Crippen molar-refractivity contribution in [2.45, 2.75) is 25.4 Å². The van der Waals surface area contributed by atoms with E-state index in [2.05, 4.69) is 16.3 Å². The summed E-state index contributed by atoms with van der Waals surface area (Å²) in [6.07, 6.45) is 1.58. The highest BCUT2D eigenvalue weighted by atomic mass is 19.1. The van der Waals surface area contributed by atoms with Gasteiger partial charge in [-0.2, -0.15) is 5.10 Å². The minimum atomic E-state index is -0.936. The maximum absolute atomic E-state index is 14.4. The molecule has 0 amide bonds. The molecule has 2 unspecified atom stereocenters. The van der Waals surface area contributed by atoms with Gasteiger partial charge in [0.05, 0.1) is 11.7 Å². The summed E-state index contributed by atoms with van der Waals surface area (Å²) in [4.78, 5) is 1.87. The minimum Gasteiger partial charge on any atom is -0.298 e. The summed E-state index contributed by atoms with van der Waals surface area (Å²) >= 11 is 0. The van der Waals surface area contributed by atoms with Gasteiger partial charge in [0, 0.05) is 24.4 Å². The van der Waals surface area contributed by atoms with Crippen LogP contribution in [0, 0.1) is 6.92 Å². The number of aryl methyl sites for hydroxylation is 1. The molecule has 2 aromatic rings. The van der Waals surface area contributed by atoms with Crippen molar-refractivity contribution in [2.75, 3.05) is 26.3 Å². The zero-order valence-electron chi connectivity index (χ0n) is 11.6. The van der Waals surface area contributed by atoms with Crippen molar-refractivity contribution in [3.63, 3.8) is 0 Å². The Bertz CT molecular complexity index is 596. The van der Waals surface area contributed by atoms with Crippen molar-refractivity contribution in [1.29, 1.82) is 0 Å². The van der Waals surface area contributed by atoms with E-state index in [1.165, 1.54) is 0 Å². The van der Waals surface area contributed by atoms with Gasteiger partial charge in [0.2, 0.25) is 0 Å². The van der Waals surface area contributed by atoms with Crippen molar-refractivity contribution in [3.8, 4) is 0 Å². The van der Waals surface area contributed by atoms with E-state index in [9.17, 15) is 8.78 Å². The molecule has 1 aliphatic heterocycles. The average molecular weight is 279 g/mol. The lowest BCUT2D eigenvalue weighted by Crippen LogP contribution is -2.41. The third-order valence-electron chi connectivity index (χ3n) is 4.25. The highest BCUT2D eigenvalue weighted by molar-refractivity contribution is 5.79. The largest absolute Gasteiger partial charge is 0.298 e. The first-order valence-electron chi connectivity index (χ1n) is 7.05. The van der Waals surface area contributed by atoms with Gasteiger partial charge in [-0.3, -0.25) is 10.00 Å². The van der Waals surface area contributed by atoms with Crippen molar-refractivity contribution < 1.29 is 8.78 Å². The lowest BCUT2D eigenvalue weighted by Gasteiger charge is -2.35. The predicted octanol–water partition coefficient (Wildman–Crippen LogP) is 2.97. The number of H-pyrrole nitrogens is 1. The number of rotatable bonds is 3. The predicted molar refractivity (Wildman–Crippen MR) is 75.5 cm³/mol. The molecule has 1 saturated heterocycles. The number of hydrogen-bond donors (Lipinski definition) is 1. The fraction of sp³-hybridized carbons (Fsp3) is 0.533.